The van der Waals surface area contributed by atoms with Crippen LogP contribution in [0.2, 0.25) is 0 Å². The van der Waals surface area contributed by atoms with Crippen LogP contribution < -0.4 is 4.74 Å². The summed E-state index contributed by atoms with van der Waals surface area (Å²) in [7, 11) is 1.50. The van der Waals surface area contributed by atoms with Crippen LogP contribution in [-0.2, 0) is 6.54 Å². The first-order chi connectivity index (χ1) is 9.55. The maximum Gasteiger partial charge on any atom is 0.273 e. The summed E-state index contributed by atoms with van der Waals surface area (Å²) in [5.74, 6) is 0.933. The molecule has 2 unspecified atom stereocenters. The second-order valence-corrected chi connectivity index (χ2v) is 5.28. The molecule has 2 atom stereocenters. The number of benzene rings is 1. The Labute approximate surface area is 118 Å². The summed E-state index contributed by atoms with van der Waals surface area (Å²) >= 11 is 0. The third-order valence-corrected chi connectivity index (χ3v) is 3.97. The van der Waals surface area contributed by atoms with Crippen LogP contribution in [0.4, 0.5) is 5.69 Å². The van der Waals surface area contributed by atoms with Crippen LogP contribution in [0.1, 0.15) is 18.9 Å². The van der Waals surface area contributed by atoms with E-state index in [0.29, 0.717) is 18.2 Å². The van der Waals surface area contributed by atoms with Crippen molar-refractivity contribution in [3.8, 4) is 5.75 Å². The Morgan fingerprint density at radius 1 is 1.50 bits per heavy atom. The van der Waals surface area contributed by atoms with Crippen molar-refractivity contribution >= 4 is 5.69 Å². The van der Waals surface area contributed by atoms with Crippen LogP contribution in [-0.4, -0.2) is 41.2 Å². The highest BCUT2D eigenvalue weighted by molar-refractivity contribution is 5.42. The lowest BCUT2D eigenvalue weighted by molar-refractivity contribution is -0.385. The number of ether oxygens (including phenoxy) is 1. The van der Waals surface area contributed by atoms with Gasteiger partial charge in [-0.25, -0.2) is 0 Å². The number of nitro groups is 1. The Hall–Kier alpha value is -1.66. The van der Waals surface area contributed by atoms with E-state index < -0.39 is 4.92 Å². The largest absolute Gasteiger partial charge is 0.496 e. The number of nitro benzene ring substituents is 1. The molecule has 1 aliphatic rings. The highest BCUT2D eigenvalue weighted by Crippen LogP contribution is 2.28. The third kappa shape index (κ3) is 3.08. The summed E-state index contributed by atoms with van der Waals surface area (Å²) in [6.07, 6.45) is 1.04. The zero-order valence-electron chi connectivity index (χ0n) is 11.8. The monoisotopic (exact) mass is 280 g/mol. The molecule has 1 heterocycles. The second kappa shape index (κ2) is 6.19. The standard InChI is InChI=1S/C14H20N2O4/c1-10-3-4-15(14(10)9-17)8-11-5-12(16(18)19)7-13(6-11)20-2/h5-7,10,14,17H,3-4,8-9H2,1-2H3. The Morgan fingerprint density at radius 3 is 2.85 bits per heavy atom. The number of hydrogen-bond donors (Lipinski definition) is 1. The number of methoxy groups -OCH3 is 1. The summed E-state index contributed by atoms with van der Waals surface area (Å²) in [6.45, 7) is 3.73. The highest BCUT2D eigenvalue weighted by atomic mass is 16.6. The Kier molecular flexibility index (Phi) is 4.57. The molecular formula is C14H20N2O4. The van der Waals surface area contributed by atoms with E-state index in [9.17, 15) is 15.2 Å². The fourth-order valence-electron chi connectivity index (χ4n) is 2.77. The van der Waals surface area contributed by atoms with Gasteiger partial charge in [-0.15, -0.1) is 0 Å². The van der Waals surface area contributed by atoms with E-state index in [1.54, 1.807) is 6.07 Å². The minimum absolute atomic E-state index is 0.0344. The van der Waals surface area contributed by atoms with Gasteiger partial charge in [0.25, 0.3) is 5.69 Å². The van der Waals surface area contributed by atoms with E-state index in [1.807, 2.05) is 6.07 Å². The molecule has 1 N–H and O–H groups in total. The fraction of sp³-hybridized carbons (Fsp3) is 0.571. The molecule has 0 radical (unpaired) electrons. The molecule has 20 heavy (non-hydrogen) atoms. The lowest BCUT2D eigenvalue weighted by Crippen LogP contribution is -2.34. The van der Waals surface area contributed by atoms with Crippen molar-refractivity contribution < 1.29 is 14.8 Å². The van der Waals surface area contributed by atoms with Crippen molar-refractivity contribution in [1.29, 1.82) is 0 Å². The number of hydrogen-bond acceptors (Lipinski definition) is 5. The van der Waals surface area contributed by atoms with Crippen molar-refractivity contribution in [2.45, 2.75) is 25.9 Å². The van der Waals surface area contributed by atoms with E-state index in [4.69, 9.17) is 4.74 Å². The van der Waals surface area contributed by atoms with E-state index in [1.165, 1.54) is 13.2 Å². The van der Waals surface area contributed by atoms with E-state index in [-0.39, 0.29) is 18.3 Å². The van der Waals surface area contributed by atoms with Crippen LogP contribution in [0.5, 0.6) is 5.75 Å². The van der Waals surface area contributed by atoms with Crippen LogP contribution in [0.15, 0.2) is 18.2 Å². The lowest BCUT2D eigenvalue weighted by atomic mass is 10.0. The molecule has 1 saturated heterocycles. The molecular weight excluding hydrogens is 260 g/mol. The molecule has 1 aromatic rings. The van der Waals surface area contributed by atoms with Gasteiger partial charge in [0, 0.05) is 18.7 Å². The van der Waals surface area contributed by atoms with Crippen LogP contribution in [0.25, 0.3) is 0 Å². The van der Waals surface area contributed by atoms with E-state index >= 15 is 0 Å². The summed E-state index contributed by atoms with van der Waals surface area (Å²) in [6, 6.07) is 4.92. The zero-order valence-corrected chi connectivity index (χ0v) is 11.8. The fourth-order valence-corrected chi connectivity index (χ4v) is 2.77. The van der Waals surface area contributed by atoms with Gasteiger partial charge in [-0.3, -0.25) is 15.0 Å². The molecule has 1 fully saturated rings. The van der Waals surface area contributed by atoms with Gasteiger partial charge in [-0.2, -0.15) is 0 Å². The Bertz CT molecular complexity index is 492. The van der Waals surface area contributed by atoms with Crippen LogP contribution >= 0.6 is 0 Å². The molecule has 0 aromatic heterocycles. The highest BCUT2D eigenvalue weighted by Gasteiger charge is 2.30. The van der Waals surface area contributed by atoms with Crippen molar-refractivity contribution in [3.05, 3.63) is 33.9 Å². The summed E-state index contributed by atoms with van der Waals surface area (Å²) in [4.78, 5) is 12.7. The smallest absolute Gasteiger partial charge is 0.273 e. The van der Waals surface area contributed by atoms with Crippen molar-refractivity contribution in [2.24, 2.45) is 5.92 Å². The van der Waals surface area contributed by atoms with Crippen LogP contribution in [0, 0.1) is 16.0 Å². The maximum absolute atomic E-state index is 10.9. The Morgan fingerprint density at radius 2 is 2.25 bits per heavy atom. The first kappa shape index (κ1) is 14.7. The van der Waals surface area contributed by atoms with E-state index in [2.05, 4.69) is 11.8 Å². The van der Waals surface area contributed by atoms with Gasteiger partial charge in [-0.05, 0) is 30.5 Å². The molecule has 0 spiro atoms. The predicted octanol–water partition coefficient (Wildman–Crippen LogP) is 1.81. The zero-order chi connectivity index (χ0) is 14.7. The molecule has 1 aliphatic heterocycles. The summed E-state index contributed by atoms with van der Waals surface area (Å²) in [5, 5.41) is 20.4. The molecule has 110 valence electrons. The summed E-state index contributed by atoms with van der Waals surface area (Å²) < 4.78 is 5.11. The first-order valence-corrected chi connectivity index (χ1v) is 6.72. The molecule has 6 heteroatoms. The predicted molar refractivity (Wildman–Crippen MR) is 74.7 cm³/mol. The maximum atomic E-state index is 10.9. The van der Waals surface area contributed by atoms with Gasteiger partial charge in [0.05, 0.1) is 24.7 Å². The number of likely N-dealkylation sites (tertiary alicyclic amines) is 1. The van der Waals surface area contributed by atoms with Crippen molar-refractivity contribution in [3.63, 3.8) is 0 Å². The average Bonchev–Trinajstić information content (AvgIpc) is 2.78. The third-order valence-electron chi connectivity index (χ3n) is 3.97. The first-order valence-electron chi connectivity index (χ1n) is 6.72. The minimum atomic E-state index is -0.415. The van der Waals surface area contributed by atoms with Crippen molar-refractivity contribution in [2.75, 3.05) is 20.3 Å². The molecule has 0 amide bonds. The Balaban J connectivity index is 2.20. The van der Waals surface area contributed by atoms with Gasteiger partial charge in [0.15, 0.2) is 0 Å². The molecule has 0 saturated carbocycles. The molecule has 1 aromatic carbocycles. The SMILES string of the molecule is COc1cc(CN2CCC(C)C2CO)cc([N+](=O)[O-])c1. The minimum Gasteiger partial charge on any atom is -0.496 e. The van der Waals surface area contributed by atoms with Gasteiger partial charge in [0.2, 0.25) is 0 Å². The summed E-state index contributed by atoms with van der Waals surface area (Å²) in [5.41, 5.74) is 0.871. The number of aliphatic hydroxyl groups is 1. The lowest BCUT2D eigenvalue weighted by Gasteiger charge is -2.25. The number of non-ortho nitro benzene ring substituents is 1. The average molecular weight is 280 g/mol. The quantitative estimate of drug-likeness (QED) is 0.657. The van der Waals surface area contributed by atoms with Crippen LogP contribution in [0.3, 0.4) is 0 Å². The molecule has 2 rings (SSSR count). The number of rotatable bonds is 5. The van der Waals surface area contributed by atoms with E-state index in [0.717, 1.165) is 18.5 Å². The number of nitrogens with zero attached hydrogens (tertiary/aromatic N) is 2. The molecule has 0 bridgehead atoms. The van der Waals surface area contributed by atoms with Gasteiger partial charge >= 0.3 is 0 Å². The molecule has 6 nitrogen and oxygen atoms in total. The molecule has 0 aliphatic carbocycles. The number of aliphatic hydroxyl groups excluding tert-OH is 1. The van der Waals surface area contributed by atoms with Gasteiger partial charge < -0.3 is 9.84 Å². The second-order valence-electron chi connectivity index (χ2n) is 5.28. The van der Waals surface area contributed by atoms with Gasteiger partial charge in [0.1, 0.15) is 5.75 Å². The topological polar surface area (TPSA) is 75.8 Å². The normalized spacial score (nSPS) is 22.9. The van der Waals surface area contributed by atoms with Crippen molar-refractivity contribution in [1.82, 2.24) is 4.90 Å². The van der Waals surface area contributed by atoms with Gasteiger partial charge in [-0.1, -0.05) is 6.92 Å².